The molecule has 21 heavy (non-hydrogen) atoms. The van der Waals surface area contributed by atoms with Crippen LogP contribution in [0.5, 0.6) is 0 Å². The second-order valence-electron chi connectivity index (χ2n) is 5.59. The molecule has 3 rings (SSSR count). The van der Waals surface area contributed by atoms with Gasteiger partial charge in [0.2, 0.25) is 0 Å². The van der Waals surface area contributed by atoms with Crippen LogP contribution in [0.3, 0.4) is 0 Å². The predicted octanol–water partition coefficient (Wildman–Crippen LogP) is 2.82. The molecule has 0 saturated heterocycles. The van der Waals surface area contributed by atoms with Crippen LogP contribution in [0, 0.1) is 19.3 Å². The Kier molecular flexibility index (Phi) is 3.31. The number of amides is 1. The molecule has 3 nitrogen and oxygen atoms in total. The number of nitrogens with zero attached hydrogens (tertiary/aromatic N) is 1. The lowest BCUT2D eigenvalue weighted by atomic mass is 9.88. The average molecular weight is 278 g/mol. The summed E-state index contributed by atoms with van der Waals surface area (Å²) in [5.41, 5.74) is 4.71. The lowest BCUT2D eigenvalue weighted by Crippen LogP contribution is -2.45. The number of fused-ring (bicyclic) bond motifs is 1. The van der Waals surface area contributed by atoms with Crippen molar-refractivity contribution in [3.8, 4) is 12.3 Å². The molecule has 1 aromatic carbocycles. The Morgan fingerprint density at radius 2 is 2.10 bits per heavy atom. The zero-order valence-corrected chi connectivity index (χ0v) is 12.3. The van der Waals surface area contributed by atoms with E-state index >= 15 is 0 Å². The van der Waals surface area contributed by atoms with E-state index in [1.807, 2.05) is 41.4 Å². The van der Waals surface area contributed by atoms with Crippen molar-refractivity contribution in [2.24, 2.45) is 0 Å². The second-order valence-corrected chi connectivity index (χ2v) is 5.59. The summed E-state index contributed by atoms with van der Waals surface area (Å²) >= 11 is 0. The Morgan fingerprint density at radius 1 is 1.38 bits per heavy atom. The van der Waals surface area contributed by atoms with E-state index in [2.05, 4.69) is 24.8 Å². The van der Waals surface area contributed by atoms with Gasteiger partial charge in [-0.15, -0.1) is 6.42 Å². The van der Waals surface area contributed by atoms with Crippen LogP contribution in [0.1, 0.15) is 35.3 Å². The SMILES string of the molecule is C#CC(=O)N1[C@@H](c2ccccc2)c2[nH]cc(C)c2C[C@@H]1C. The Labute approximate surface area is 125 Å². The molecule has 1 amide bonds. The van der Waals surface area contributed by atoms with E-state index < -0.39 is 0 Å². The minimum absolute atomic E-state index is 0.0840. The van der Waals surface area contributed by atoms with Crippen molar-refractivity contribution in [1.29, 1.82) is 0 Å². The molecule has 1 aliphatic rings. The molecule has 2 heterocycles. The fourth-order valence-electron chi connectivity index (χ4n) is 3.23. The van der Waals surface area contributed by atoms with Crippen LogP contribution in [0.15, 0.2) is 36.5 Å². The molecule has 1 N–H and O–H groups in total. The number of terminal acetylenes is 1. The maximum atomic E-state index is 12.3. The zero-order chi connectivity index (χ0) is 15.0. The van der Waals surface area contributed by atoms with Gasteiger partial charge in [-0.05, 0) is 42.9 Å². The molecule has 3 heteroatoms. The highest BCUT2D eigenvalue weighted by Crippen LogP contribution is 2.38. The van der Waals surface area contributed by atoms with E-state index in [-0.39, 0.29) is 18.0 Å². The Bertz CT molecular complexity index is 709. The number of hydrogen-bond acceptors (Lipinski definition) is 1. The highest BCUT2D eigenvalue weighted by Gasteiger charge is 2.37. The number of aromatic amines is 1. The molecule has 1 aromatic heterocycles. The number of carbonyl (C=O) groups excluding carboxylic acids is 1. The van der Waals surface area contributed by atoms with Gasteiger partial charge < -0.3 is 9.88 Å². The lowest BCUT2D eigenvalue weighted by molar-refractivity contribution is -0.129. The third-order valence-corrected chi connectivity index (χ3v) is 4.24. The molecule has 0 fully saturated rings. The van der Waals surface area contributed by atoms with E-state index in [1.165, 1.54) is 11.1 Å². The van der Waals surface area contributed by atoms with Crippen LogP contribution < -0.4 is 0 Å². The Hall–Kier alpha value is -2.47. The summed E-state index contributed by atoms with van der Waals surface area (Å²) in [5, 5.41) is 0. The summed E-state index contributed by atoms with van der Waals surface area (Å²) in [7, 11) is 0. The number of benzene rings is 1. The van der Waals surface area contributed by atoms with Crippen molar-refractivity contribution >= 4 is 5.91 Å². The van der Waals surface area contributed by atoms with Gasteiger partial charge in [0.15, 0.2) is 0 Å². The Balaban J connectivity index is 2.18. The smallest absolute Gasteiger partial charge is 0.299 e. The van der Waals surface area contributed by atoms with E-state index in [9.17, 15) is 4.79 Å². The summed E-state index contributed by atoms with van der Waals surface area (Å²) in [6.07, 6.45) is 8.23. The first-order valence-electron chi connectivity index (χ1n) is 7.14. The summed E-state index contributed by atoms with van der Waals surface area (Å²) in [6, 6.07) is 9.98. The third-order valence-electron chi connectivity index (χ3n) is 4.24. The maximum absolute atomic E-state index is 12.3. The molecule has 2 aromatic rings. The minimum Gasteiger partial charge on any atom is -0.363 e. The van der Waals surface area contributed by atoms with Gasteiger partial charge >= 0.3 is 0 Å². The standard InChI is InChI=1S/C18H18N2O/c1-4-16(21)20-13(3)10-15-12(2)11-19-17(15)18(20)14-8-6-5-7-9-14/h1,5-9,11,13,18-19H,10H2,2-3H3/t13-,18-/m0/s1. The van der Waals surface area contributed by atoms with Crippen molar-refractivity contribution < 1.29 is 4.79 Å². The fourth-order valence-corrected chi connectivity index (χ4v) is 3.23. The average Bonchev–Trinajstić information content (AvgIpc) is 2.87. The van der Waals surface area contributed by atoms with Crippen molar-refractivity contribution in [3.05, 3.63) is 58.9 Å². The first-order chi connectivity index (χ1) is 10.1. The van der Waals surface area contributed by atoms with Crippen molar-refractivity contribution in [3.63, 3.8) is 0 Å². The van der Waals surface area contributed by atoms with E-state index in [0.29, 0.717) is 0 Å². The van der Waals surface area contributed by atoms with Gasteiger partial charge in [-0.3, -0.25) is 4.79 Å². The topological polar surface area (TPSA) is 36.1 Å². The number of aromatic nitrogens is 1. The van der Waals surface area contributed by atoms with Crippen LogP contribution in [-0.2, 0) is 11.2 Å². The second kappa shape index (κ2) is 5.14. The molecule has 0 spiro atoms. The first-order valence-corrected chi connectivity index (χ1v) is 7.14. The highest BCUT2D eigenvalue weighted by atomic mass is 16.2. The van der Waals surface area contributed by atoms with Crippen LogP contribution >= 0.6 is 0 Å². The van der Waals surface area contributed by atoms with Gasteiger partial charge in [0.05, 0.1) is 6.04 Å². The number of rotatable bonds is 1. The summed E-state index contributed by atoms with van der Waals surface area (Å²) in [6.45, 7) is 4.16. The van der Waals surface area contributed by atoms with Crippen LogP contribution in [0.4, 0.5) is 0 Å². The first kappa shape index (κ1) is 13.5. The van der Waals surface area contributed by atoms with Gasteiger partial charge in [-0.2, -0.15) is 0 Å². The quantitative estimate of drug-likeness (QED) is 0.800. The monoisotopic (exact) mass is 278 g/mol. The molecular formula is C18H18N2O. The number of carbonyl (C=O) groups is 1. The van der Waals surface area contributed by atoms with Crippen LogP contribution in [0.25, 0.3) is 0 Å². The predicted molar refractivity (Wildman–Crippen MR) is 82.7 cm³/mol. The molecule has 0 aliphatic carbocycles. The van der Waals surface area contributed by atoms with E-state index in [4.69, 9.17) is 6.42 Å². The van der Waals surface area contributed by atoms with Crippen molar-refractivity contribution in [2.75, 3.05) is 0 Å². The fraction of sp³-hybridized carbons (Fsp3) is 0.278. The number of nitrogens with one attached hydrogen (secondary N) is 1. The zero-order valence-electron chi connectivity index (χ0n) is 12.3. The summed E-state index contributed by atoms with van der Waals surface area (Å²) in [5.74, 6) is 2.02. The summed E-state index contributed by atoms with van der Waals surface area (Å²) < 4.78 is 0. The number of aryl methyl sites for hydroxylation is 1. The van der Waals surface area contributed by atoms with Crippen molar-refractivity contribution in [1.82, 2.24) is 9.88 Å². The normalized spacial score (nSPS) is 20.7. The number of hydrogen-bond donors (Lipinski definition) is 1. The molecule has 1 aliphatic heterocycles. The van der Waals surface area contributed by atoms with Crippen LogP contribution in [-0.4, -0.2) is 21.8 Å². The molecular weight excluding hydrogens is 260 g/mol. The van der Waals surface area contributed by atoms with Crippen LogP contribution in [0.2, 0.25) is 0 Å². The third kappa shape index (κ3) is 2.13. The van der Waals surface area contributed by atoms with Gasteiger partial charge in [0.1, 0.15) is 0 Å². The molecule has 0 radical (unpaired) electrons. The molecule has 2 atom stereocenters. The molecule has 106 valence electrons. The minimum atomic E-state index is -0.255. The maximum Gasteiger partial charge on any atom is 0.299 e. The van der Waals surface area contributed by atoms with E-state index in [1.54, 1.807) is 0 Å². The summed E-state index contributed by atoms with van der Waals surface area (Å²) in [4.78, 5) is 17.4. The van der Waals surface area contributed by atoms with Gasteiger partial charge in [-0.1, -0.05) is 30.3 Å². The lowest BCUT2D eigenvalue weighted by Gasteiger charge is -2.40. The van der Waals surface area contributed by atoms with Gasteiger partial charge in [0.25, 0.3) is 5.91 Å². The molecule has 0 unspecified atom stereocenters. The largest absolute Gasteiger partial charge is 0.363 e. The van der Waals surface area contributed by atoms with Gasteiger partial charge in [0, 0.05) is 17.9 Å². The van der Waals surface area contributed by atoms with Gasteiger partial charge in [-0.25, -0.2) is 0 Å². The molecule has 0 bridgehead atoms. The highest BCUT2D eigenvalue weighted by molar-refractivity contribution is 5.94. The Morgan fingerprint density at radius 3 is 2.76 bits per heavy atom. The molecule has 0 saturated carbocycles. The number of H-pyrrole nitrogens is 1. The van der Waals surface area contributed by atoms with Crippen molar-refractivity contribution in [2.45, 2.75) is 32.4 Å². The van der Waals surface area contributed by atoms with E-state index in [0.717, 1.165) is 17.7 Å².